The molecule has 0 amide bonds. The van der Waals surface area contributed by atoms with Crippen molar-refractivity contribution in [3.63, 3.8) is 0 Å². The predicted molar refractivity (Wildman–Crippen MR) is 94.6 cm³/mol. The Morgan fingerprint density at radius 2 is 2.00 bits per heavy atom. The van der Waals surface area contributed by atoms with E-state index in [-0.39, 0.29) is 52.6 Å². The van der Waals surface area contributed by atoms with E-state index in [0.717, 1.165) is 0 Å². The summed E-state index contributed by atoms with van der Waals surface area (Å²) in [6.07, 6.45) is 1.53. The monoisotopic (exact) mass is 409 g/mol. The Hall–Kier alpha value is -1.62. The van der Waals surface area contributed by atoms with Crippen LogP contribution in [-0.4, -0.2) is 35.9 Å². The van der Waals surface area contributed by atoms with Gasteiger partial charge < -0.3 is 25.3 Å². The van der Waals surface area contributed by atoms with E-state index < -0.39 is 17.4 Å². The molecule has 1 aromatic heterocycles. The molecule has 7 nitrogen and oxygen atoms in total. The fourth-order valence-electron chi connectivity index (χ4n) is 2.15. The molecule has 0 bridgehead atoms. The number of anilines is 1. The van der Waals surface area contributed by atoms with Crippen molar-refractivity contribution in [1.82, 2.24) is 4.98 Å². The second-order valence-electron chi connectivity index (χ2n) is 4.96. The Labute approximate surface area is 180 Å². The molecule has 2 rings (SSSR count). The average molecular weight is 409 g/mol. The molecule has 142 valence electrons. The van der Waals surface area contributed by atoms with Crippen LogP contribution in [0.15, 0.2) is 30.5 Å². The average Bonchev–Trinajstić information content (AvgIpc) is 2.60. The largest absolute Gasteiger partial charge is 1.00 e. The van der Waals surface area contributed by atoms with E-state index in [0.29, 0.717) is 22.9 Å². The Morgan fingerprint density at radius 1 is 1.26 bits per heavy atom. The molecular formula is C16H18F2N3NaO4S. The molecule has 2 N–H and O–H groups in total. The van der Waals surface area contributed by atoms with Crippen LogP contribution in [0.4, 0.5) is 20.2 Å². The third-order valence-electron chi connectivity index (χ3n) is 3.27. The van der Waals surface area contributed by atoms with Crippen LogP contribution in [-0.2, 0) is 16.6 Å². The fraction of sp³-hybridized carbons (Fsp3) is 0.312. The van der Waals surface area contributed by atoms with E-state index in [1.54, 1.807) is 6.07 Å². The van der Waals surface area contributed by atoms with Gasteiger partial charge >= 0.3 is 36.2 Å². The number of hydrogen-bond acceptors (Lipinski definition) is 6. The van der Waals surface area contributed by atoms with Crippen molar-refractivity contribution in [3.05, 3.63) is 41.5 Å². The molecule has 0 aliphatic heterocycles. The number of ether oxygens (including phenoxy) is 3. The summed E-state index contributed by atoms with van der Waals surface area (Å²) in [6.45, 7) is -2.94. The van der Waals surface area contributed by atoms with Gasteiger partial charge in [-0.2, -0.15) is 8.78 Å². The smallest absolute Gasteiger partial charge is 0.672 e. The molecule has 0 aliphatic carbocycles. The van der Waals surface area contributed by atoms with Crippen molar-refractivity contribution in [1.29, 1.82) is 0 Å². The van der Waals surface area contributed by atoms with Crippen molar-refractivity contribution >= 4 is 22.2 Å². The number of nitrogens with two attached hydrogens (primary N) is 1. The predicted octanol–water partition coefficient (Wildman–Crippen LogP) is 0.198. The van der Waals surface area contributed by atoms with Gasteiger partial charge in [0.15, 0.2) is 11.5 Å². The van der Waals surface area contributed by atoms with Gasteiger partial charge in [0.1, 0.15) is 5.75 Å². The summed E-state index contributed by atoms with van der Waals surface area (Å²) in [5.74, 6) is 0.905. The number of nitrogens with zero attached hydrogens (tertiary/aromatic N) is 2. The molecule has 11 heteroatoms. The molecule has 0 saturated heterocycles. The van der Waals surface area contributed by atoms with Crippen LogP contribution in [0.2, 0.25) is 0 Å². The standard InChI is InChI=1S/C16H18F2N3O4S.Na/c1-23-14-5-6-20-13(15(14)24-2)8-26(22)9-21-12-4-3-10(7-11(12)19)25-16(17)18;/h3-7,16H,8-9,19H2,1-2H3;/q-1;+1. The number of methoxy groups -OCH3 is 2. The maximum Gasteiger partial charge on any atom is 1.00 e. The van der Waals surface area contributed by atoms with Gasteiger partial charge in [-0.1, -0.05) is 11.9 Å². The minimum Gasteiger partial charge on any atom is -0.672 e. The van der Waals surface area contributed by atoms with Gasteiger partial charge in [0.05, 0.1) is 25.7 Å². The molecule has 1 unspecified atom stereocenters. The molecule has 2 aromatic rings. The number of rotatable bonds is 9. The quantitative estimate of drug-likeness (QED) is 0.469. The van der Waals surface area contributed by atoms with Crippen LogP contribution < -0.4 is 49.5 Å². The number of alkyl halides is 2. The zero-order chi connectivity index (χ0) is 19.1. The van der Waals surface area contributed by atoms with Crippen LogP contribution in [0.3, 0.4) is 0 Å². The third kappa shape index (κ3) is 6.80. The number of pyridine rings is 1. The number of benzene rings is 1. The van der Waals surface area contributed by atoms with Gasteiger partial charge in [-0.3, -0.25) is 9.19 Å². The van der Waals surface area contributed by atoms with Gasteiger partial charge in [0.25, 0.3) is 0 Å². The van der Waals surface area contributed by atoms with Crippen molar-refractivity contribution in [2.24, 2.45) is 0 Å². The molecule has 0 saturated carbocycles. The van der Waals surface area contributed by atoms with E-state index in [9.17, 15) is 13.0 Å². The Bertz CT molecular complexity index is 783. The summed E-state index contributed by atoms with van der Waals surface area (Å²) in [5, 5.41) is 4.15. The second-order valence-corrected chi connectivity index (χ2v) is 6.39. The van der Waals surface area contributed by atoms with Gasteiger partial charge in [-0.05, 0) is 6.07 Å². The first kappa shape index (κ1) is 23.4. The molecule has 0 radical (unpaired) electrons. The van der Waals surface area contributed by atoms with Crippen LogP contribution in [0.25, 0.3) is 5.32 Å². The minimum atomic E-state index is -2.94. The molecule has 0 spiro atoms. The molecule has 27 heavy (non-hydrogen) atoms. The molecule has 1 atom stereocenters. The van der Waals surface area contributed by atoms with Crippen molar-refractivity contribution in [3.8, 4) is 17.2 Å². The first-order valence-electron chi connectivity index (χ1n) is 7.37. The topological polar surface area (TPSA) is 97.8 Å². The molecule has 0 aliphatic rings. The zero-order valence-corrected chi connectivity index (χ0v) is 18.0. The Balaban J connectivity index is 0.00000364. The number of nitrogen functional groups attached to an aromatic ring is 1. The van der Waals surface area contributed by atoms with Crippen molar-refractivity contribution < 1.29 is 56.8 Å². The van der Waals surface area contributed by atoms with Crippen LogP contribution >= 0.6 is 0 Å². The first-order chi connectivity index (χ1) is 12.4. The van der Waals surface area contributed by atoms with E-state index in [4.69, 9.17) is 15.2 Å². The summed E-state index contributed by atoms with van der Waals surface area (Å²) in [5.41, 5.74) is 6.72. The van der Waals surface area contributed by atoms with Gasteiger partial charge in [0, 0.05) is 34.8 Å². The van der Waals surface area contributed by atoms with Gasteiger partial charge in [0.2, 0.25) is 0 Å². The summed E-state index contributed by atoms with van der Waals surface area (Å²) >= 11 is 0. The molecular weight excluding hydrogens is 391 g/mol. The van der Waals surface area contributed by atoms with Gasteiger partial charge in [-0.15, -0.1) is 5.69 Å². The van der Waals surface area contributed by atoms with Gasteiger partial charge in [-0.25, -0.2) is 0 Å². The SMILES string of the molecule is COc1ccnc(CS(=O)C[N-]c2ccc(OC(F)F)cc2N)c1OC.[Na+]. The van der Waals surface area contributed by atoms with Crippen LogP contribution in [0.5, 0.6) is 17.2 Å². The first-order valence-corrected chi connectivity index (χ1v) is 8.86. The molecule has 1 heterocycles. The second kappa shape index (κ2) is 11.3. The fourth-order valence-corrected chi connectivity index (χ4v) is 3.03. The van der Waals surface area contributed by atoms with E-state index >= 15 is 0 Å². The molecule has 0 fully saturated rings. The maximum atomic E-state index is 12.3. The Morgan fingerprint density at radius 3 is 2.59 bits per heavy atom. The number of aromatic nitrogens is 1. The van der Waals surface area contributed by atoms with Crippen LogP contribution in [0, 0.1) is 0 Å². The molecule has 1 aromatic carbocycles. The van der Waals surface area contributed by atoms with E-state index in [1.165, 1.54) is 38.6 Å². The maximum absolute atomic E-state index is 12.3. The summed E-state index contributed by atoms with van der Waals surface area (Å²) in [7, 11) is 1.58. The van der Waals surface area contributed by atoms with Crippen LogP contribution in [0.1, 0.15) is 5.69 Å². The summed E-state index contributed by atoms with van der Waals surface area (Å²) < 4.78 is 51.3. The summed E-state index contributed by atoms with van der Waals surface area (Å²) in [6, 6.07) is 5.62. The van der Waals surface area contributed by atoms with E-state index in [1.807, 2.05) is 0 Å². The van der Waals surface area contributed by atoms with E-state index in [2.05, 4.69) is 15.0 Å². The normalized spacial score (nSPS) is 11.4. The minimum absolute atomic E-state index is 0. The third-order valence-corrected chi connectivity index (χ3v) is 4.28. The number of halogens is 2. The van der Waals surface area contributed by atoms with Crippen molar-refractivity contribution in [2.45, 2.75) is 12.4 Å². The summed E-state index contributed by atoms with van der Waals surface area (Å²) in [4.78, 5) is 4.16. The van der Waals surface area contributed by atoms with Crippen molar-refractivity contribution in [2.75, 3.05) is 25.8 Å². The Kier molecular flexibility index (Phi) is 9.78. The zero-order valence-electron chi connectivity index (χ0n) is 15.1. The number of hydrogen-bond donors (Lipinski definition) is 1.